The molecule has 4 saturated carbocycles. The Morgan fingerprint density at radius 2 is 0.576 bits per heavy atom. The van der Waals surface area contributed by atoms with Gasteiger partial charge in [0.2, 0.25) is 0 Å². The monoisotopic (exact) mass is 1730 g/mol. The Morgan fingerprint density at radius 3 is 0.848 bits per heavy atom. The highest BCUT2D eigenvalue weighted by molar-refractivity contribution is 5.66. The van der Waals surface area contributed by atoms with Gasteiger partial charge < -0.3 is 112 Å². The van der Waals surface area contributed by atoms with E-state index >= 15 is 0 Å². The van der Waals surface area contributed by atoms with Gasteiger partial charge in [0.15, 0.2) is 34.5 Å². The van der Waals surface area contributed by atoms with Crippen LogP contribution in [-0.4, -0.2) is 335 Å². The van der Waals surface area contributed by atoms with Crippen LogP contribution >= 0.6 is 0 Å². The van der Waals surface area contributed by atoms with Crippen molar-refractivity contribution in [2.24, 2.45) is 5.41 Å². The summed E-state index contributed by atoms with van der Waals surface area (Å²) in [5.74, 6) is 2.56. The number of phenolic OH excluding ortho intramolecular Hbond substituents is 3. The van der Waals surface area contributed by atoms with Crippen LogP contribution in [0.1, 0.15) is 127 Å². The maximum absolute atomic E-state index is 13.0. The lowest BCUT2D eigenvalue weighted by atomic mass is 9.48. The summed E-state index contributed by atoms with van der Waals surface area (Å²) in [5.41, 5.74) is 1.79. The number of nitrogens with zero attached hydrogens (tertiary/aromatic N) is 4. The van der Waals surface area contributed by atoms with Crippen LogP contribution in [0.3, 0.4) is 0 Å². The number of aromatic hydroxyl groups is 3. The summed E-state index contributed by atoms with van der Waals surface area (Å²) in [6.07, 6.45) is 14.7. The highest BCUT2D eigenvalue weighted by Gasteiger charge is 2.78. The number of likely N-dealkylation sites (tertiary alicyclic amines) is 4. The maximum atomic E-state index is 13.0. The molecule has 8 aliphatic carbocycles. The van der Waals surface area contributed by atoms with Crippen molar-refractivity contribution in [1.29, 1.82) is 0 Å². The summed E-state index contributed by atoms with van der Waals surface area (Å²) >= 11 is 0. The largest absolute Gasteiger partial charge is 0.504 e. The van der Waals surface area contributed by atoms with Crippen LogP contribution in [0.15, 0.2) is 99.2 Å². The van der Waals surface area contributed by atoms with Gasteiger partial charge in [0.1, 0.15) is 30.2 Å². The van der Waals surface area contributed by atoms with Crippen molar-refractivity contribution < 1.29 is 112 Å². The summed E-state index contributed by atoms with van der Waals surface area (Å²) in [4.78, 5) is 9.44. The van der Waals surface area contributed by atoms with Crippen molar-refractivity contribution in [3.05, 3.63) is 149 Å². The molecule has 7 N–H and O–H groups in total. The molecule has 4 spiro atoms. The van der Waals surface area contributed by atoms with E-state index in [1.807, 2.05) is 42.5 Å². The topological polar surface area (TPSA) is 302 Å². The first-order chi connectivity index (χ1) is 60.8. The standard InChI is InChI=1S/C98H130N4O23/c1-6-30-99-34-26-91-78-63-11-10-62(5)82(78)122-86(91)70(18-22-95(91,106)74(99)54-63)118-50-46-110-38-42-114-58-90(59-115-43-39-111-47-51-119-71-19-23-96(107)75-55-64-12-15-67(103)83-79(64)92(96,87(71)123-83)27-35-100(75)31-7-2,60-116-44-40-112-48-52-120-72-20-24-97(108)76-56-65-13-16-68(104)84-80(65)93(97,88(72)124-84)28-36-101(76)32-8-3)61-117-45-41-113-49-53-121-73-21-25-98(109)77-57-66-14-17-69(105)85-81(66)94(98,89(73)125-85)29-37-102(77)33-9-4/h6-17,70-77,86-89,103-109H,1-4,18-61H2,5H3/t70?,71?,72?,73?,74?,75?,76?,77?,86-,87-,88?,89?,90?,91-,92-,93-,94-,95+,96+,97+,98+/m0/s1. The van der Waals surface area contributed by atoms with Crippen LogP contribution in [0.2, 0.25) is 0 Å². The fourth-order valence-electron chi connectivity index (χ4n) is 28.0. The molecular weight excluding hydrogens is 1600 g/mol. The minimum absolute atomic E-state index is 0.0453. The third-order valence-electron chi connectivity index (χ3n) is 33.1. The Kier molecular flexibility index (Phi) is 23.9. The maximum Gasteiger partial charge on any atom is 0.165 e. The molecule has 0 aromatic heterocycles. The van der Waals surface area contributed by atoms with E-state index in [9.17, 15) is 35.7 Å². The number of aliphatic hydroxyl groups is 4. The second kappa shape index (κ2) is 34.4. The molecule has 8 bridgehead atoms. The van der Waals surface area contributed by atoms with Gasteiger partial charge in [-0.2, -0.15) is 0 Å². The minimum atomic E-state index is -1.07. The first-order valence-corrected chi connectivity index (χ1v) is 46.6. The van der Waals surface area contributed by atoms with Gasteiger partial charge in [-0.3, -0.25) is 19.6 Å². The zero-order valence-electron chi connectivity index (χ0n) is 72.7. The van der Waals surface area contributed by atoms with E-state index in [-0.39, 0.29) is 191 Å². The van der Waals surface area contributed by atoms with Crippen LogP contribution in [0.5, 0.6) is 40.2 Å². The molecule has 20 rings (SSSR count). The molecule has 16 aliphatic rings. The number of benzene rings is 4. The molecule has 8 aliphatic heterocycles. The van der Waals surface area contributed by atoms with Crippen LogP contribution in [0.25, 0.3) is 0 Å². The van der Waals surface area contributed by atoms with Crippen LogP contribution in [0, 0.1) is 12.3 Å². The highest BCUT2D eigenvalue weighted by atomic mass is 16.6. The van der Waals surface area contributed by atoms with Gasteiger partial charge in [-0.1, -0.05) is 54.6 Å². The average molecular weight is 1730 g/mol. The van der Waals surface area contributed by atoms with E-state index in [1.165, 1.54) is 11.1 Å². The Bertz CT molecular complexity index is 4100. The Labute approximate surface area is 733 Å². The second-order valence-corrected chi connectivity index (χ2v) is 38.8. The van der Waals surface area contributed by atoms with E-state index in [0.29, 0.717) is 140 Å². The summed E-state index contributed by atoms with van der Waals surface area (Å²) in [6, 6.07) is 15.1. The Hall–Kier alpha value is -6.36. The van der Waals surface area contributed by atoms with Gasteiger partial charge in [0, 0.05) is 72.6 Å². The highest BCUT2D eigenvalue weighted by Crippen LogP contribution is 2.71. The number of rotatable bonds is 44. The van der Waals surface area contributed by atoms with Crippen LogP contribution in [0.4, 0.5) is 0 Å². The lowest BCUT2D eigenvalue weighted by Crippen LogP contribution is -2.77. The van der Waals surface area contributed by atoms with Crippen molar-refractivity contribution in [3.63, 3.8) is 0 Å². The van der Waals surface area contributed by atoms with Crippen LogP contribution < -0.4 is 18.9 Å². The van der Waals surface area contributed by atoms with Gasteiger partial charge in [-0.25, -0.2) is 0 Å². The number of aryl methyl sites for hydroxylation is 1. The molecule has 10 unspecified atom stereocenters. The molecule has 0 radical (unpaired) electrons. The van der Waals surface area contributed by atoms with E-state index in [2.05, 4.69) is 65.0 Å². The lowest BCUT2D eigenvalue weighted by Gasteiger charge is -2.64. The van der Waals surface area contributed by atoms with E-state index < -0.39 is 67.8 Å². The minimum Gasteiger partial charge on any atom is -0.504 e. The Balaban J connectivity index is 0.483. The van der Waals surface area contributed by atoms with E-state index in [0.717, 1.165) is 90.3 Å². The van der Waals surface area contributed by atoms with Gasteiger partial charge in [0.05, 0.1) is 206 Å². The molecule has 27 heteroatoms. The van der Waals surface area contributed by atoms with Crippen molar-refractivity contribution in [1.82, 2.24) is 19.6 Å². The molecule has 4 saturated heterocycles. The number of hydrogen-bond acceptors (Lipinski definition) is 27. The normalized spacial score (nSPS) is 36.3. The van der Waals surface area contributed by atoms with Gasteiger partial charge in [-0.15, -0.1) is 26.3 Å². The molecule has 680 valence electrons. The Morgan fingerprint density at radius 1 is 0.336 bits per heavy atom. The number of phenols is 3. The third-order valence-corrected chi connectivity index (χ3v) is 33.1. The molecular formula is C98H130N4O23. The molecule has 4 aromatic rings. The first kappa shape index (κ1) is 86.7. The fourth-order valence-corrected chi connectivity index (χ4v) is 28.0. The van der Waals surface area contributed by atoms with Crippen molar-refractivity contribution >= 4 is 0 Å². The van der Waals surface area contributed by atoms with E-state index in [4.69, 9.17) is 75.8 Å². The lowest BCUT2D eigenvalue weighted by molar-refractivity contribution is -0.215. The summed E-state index contributed by atoms with van der Waals surface area (Å²) in [5, 5.41) is 85.6. The zero-order chi connectivity index (χ0) is 85.9. The van der Waals surface area contributed by atoms with Gasteiger partial charge in [-0.05, 0) is 182 Å². The predicted octanol–water partition coefficient (Wildman–Crippen LogP) is 7.23. The average Bonchev–Trinajstić information content (AvgIpc) is 1.56. The summed E-state index contributed by atoms with van der Waals surface area (Å²) < 4.78 is 106. The molecule has 8 heterocycles. The fraction of sp³-hybridized carbons (Fsp3) is 0.673. The van der Waals surface area contributed by atoms with E-state index in [1.54, 1.807) is 18.2 Å². The van der Waals surface area contributed by atoms with Crippen molar-refractivity contribution in [3.8, 4) is 40.2 Å². The number of hydrogen-bond donors (Lipinski definition) is 7. The second-order valence-electron chi connectivity index (χ2n) is 38.8. The summed E-state index contributed by atoms with van der Waals surface area (Å²) in [6.45, 7) is 29.0. The first-order valence-electron chi connectivity index (χ1n) is 46.6. The smallest absolute Gasteiger partial charge is 0.165 e. The summed E-state index contributed by atoms with van der Waals surface area (Å²) in [7, 11) is 0. The van der Waals surface area contributed by atoms with Crippen molar-refractivity contribution in [2.75, 3.05) is 184 Å². The van der Waals surface area contributed by atoms with Gasteiger partial charge >= 0.3 is 0 Å². The van der Waals surface area contributed by atoms with Crippen molar-refractivity contribution in [2.45, 2.75) is 227 Å². The van der Waals surface area contributed by atoms with Gasteiger partial charge in [0.25, 0.3) is 0 Å². The zero-order valence-corrected chi connectivity index (χ0v) is 72.7. The number of piperidine rings is 4. The molecule has 20 atom stereocenters. The molecule has 4 aromatic carbocycles. The molecule has 27 nitrogen and oxygen atoms in total. The quantitative estimate of drug-likeness (QED) is 0.0170. The predicted molar refractivity (Wildman–Crippen MR) is 460 cm³/mol. The van der Waals surface area contributed by atoms with Crippen LogP contribution in [-0.2, 0) is 104 Å². The third kappa shape index (κ3) is 13.5. The molecule has 8 fully saturated rings. The molecule has 125 heavy (non-hydrogen) atoms. The number of ether oxygens (including phenoxy) is 16. The SMILES string of the molecule is C=CCN1CC[C@]23c4c5ccc(O)c4OC2C(OCCOCCOCC(COCCOCCOC2CC[C@@]4(O)C6Cc7ccc(O)c8c7[C@@]4(CCN6CC=C)C2O8)(COCCOCCOC2CC[C@@]4(O)C6Cc7ccc(C)c8c7[C@@]4(CCN6CC=C)[C@H]2O8)COCCOCCOC2CC[C@@]4(O)C6Cc7ccc(O)c8c7[C@@]4(CCN6CC=C)[C@H]2O8)CC[C@@]3(O)C1C5. The molecule has 0 amide bonds.